The monoisotopic (exact) mass is 443 g/mol. The van der Waals surface area contributed by atoms with Crippen molar-refractivity contribution in [1.82, 2.24) is 5.32 Å². The van der Waals surface area contributed by atoms with Crippen LogP contribution in [-0.4, -0.2) is 44.3 Å². The van der Waals surface area contributed by atoms with E-state index in [-0.39, 0.29) is 18.6 Å². The molecule has 1 fully saturated rings. The summed E-state index contributed by atoms with van der Waals surface area (Å²) in [4.78, 5) is 38.4. The molecule has 1 aliphatic rings. The Bertz CT molecular complexity index is 839. The van der Waals surface area contributed by atoms with E-state index in [0.717, 1.165) is 26.4 Å². The molecule has 0 spiro atoms. The normalized spacial score (nSPS) is 25.5. The molecule has 1 aromatic rings. The summed E-state index contributed by atoms with van der Waals surface area (Å²) in [5.74, 6) is -5.14. The molecule has 7 nitrogen and oxygen atoms in total. The Morgan fingerprint density at radius 1 is 1.13 bits per heavy atom. The quantitative estimate of drug-likeness (QED) is 0.394. The molecular weight excluding hydrogens is 419 g/mol. The molecule has 0 aromatic heterocycles. The Hall–Kier alpha value is -2.88. The van der Waals surface area contributed by atoms with Crippen LogP contribution in [0.15, 0.2) is 36.9 Å². The zero-order chi connectivity index (χ0) is 23.4. The van der Waals surface area contributed by atoms with Gasteiger partial charge in [0.25, 0.3) is 0 Å². The van der Waals surface area contributed by atoms with Gasteiger partial charge in [-0.05, 0) is 31.0 Å². The zero-order valence-electron chi connectivity index (χ0n) is 17.3. The fraction of sp³-hybridized carbons (Fsp3) is 0.476. The van der Waals surface area contributed by atoms with E-state index in [4.69, 9.17) is 14.2 Å². The van der Waals surface area contributed by atoms with E-state index in [1.807, 2.05) is 0 Å². The smallest absolute Gasteiger partial charge is 0.416 e. The number of ether oxygens (including phenoxy) is 3. The van der Waals surface area contributed by atoms with Gasteiger partial charge in [0.15, 0.2) is 0 Å². The van der Waals surface area contributed by atoms with E-state index in [9.17, 15) is 27.6 Å². The predicted octanol–water partition coefficient (Wildman–Crippen LogP) is 2.81. The zero-order valence-corrected chi connectivity index (χ0v) is 17.3. The molecule has 2 rings (SSSR count). The van der Waals surface area contributed by atoms with Crippen molar-refractivity contribution < 1.29 is 41.8 Å². The van der Waals surface area contributed by atoms with Crippen LogP contribution >= 0.6 is 0 Å². The van der Waals surface area contributed by atoms with Gasteiger partial charge >= 0.3 is 24.1 Å². The molecule has 1 aromatic carbocycles. The minimum atomic E-state index is -4.55. The minimum Gasteiger partial charge on any atom is -0.469 e. The van der Waals surface area contributed by atoms with E-state index < -0.39 is 53.1 Å². The Morgan fingerprint density at radius 2 is 1.71 bits per heavy atom. The van der Waals surface area contributed by atoms with Gasteiger partial charge in [0.05, 0.1) is 32.3 Å². The van der Waals surface area contributed by atoms with Crippen LogP contribution in [0.25, 0.3) is 0 Å². The summed E-state index contributed by atoms with van der Waals surface area (Å²) < 4.78 is 53.8. The maximum atomic E-state index is 13.0. The fourth-order valence-electron chi connectivity index (χ4n) is 3.95. The van der Waals surface area contributed by atoms with E-state index in [0.29, 0.717) is 0 Å². The summed E-state index contributed by atoms with van der Waals surface area (Å²) in [6.07, 6.45) is -3.27. The Labute approximate surface area is 177 Å². The second kappa shape index (κ2) is 9.51. The molecule has 31 heavy (non-hydrogen) atoms. The summed E-state index contributed by atoms with van der Waals surface area (Å²) in [5, 5.41) is 2.97. The number of nitrogens with one attached hydrogen (secondary N) is 1. The first-order chi connectivity index (χ1) is 14.6. The van der Waals surface area contributed by atoms with Crippen LogP contribution in [0.4, 0.5) is 13.2 Å². The minimum absolute atomic E-state index is 0.00113. The number of hydrogen-bond acceptors (Lipinski definition) is 7. The molecule has 1 heterocycles. The third-order valence-electron chi connectivity index (χ3n) is 5.29. The van der Waals surface area contributed by atoms with Crippen LogP contribution in [0.5, 0.6) is 0 Å². The highest BCUT2D eigenvalue weighted by atomic mass is 19.4. The number of carbonyl (C=O) groups is 3. The van der Waals surface area contributed by atoms with Gasteiger partial charge in [-0.3, -0.25) is 19.7 Å². The van der Waals surface area contributed by atoms with Crippen molar-refractivity contribution in [3.8, 4) is 0 Å². The first-order valence-corrected chi connectivity index (χ1v) is 9.46. The largest absolute Gasteiger partial charge is 0.469 e. The maximum absolute atomic E-state index is 13.0. The van der Waals surface area contributed by atoms with Crippen LogP contribution in [0.1, 0.15) is 30.5 Å². The number of methoxy groups -OCH3 is 2. The molecule has 0 bridgehead atoms. The summed E-state index contributed by atoms with van der Waals surface area (Å²) in [5.41, 5.74) is -2.35. The summed E-state index contributed by atoms with van der Waals surface area (Å²) >= 11 is 0. The van der Waals surface area contributed by atoms with Gasteiger partial charge in [-0.1, -0.05) is 18.2 Å². The number of alkyl halides is 3. The van der Waals surface area contributed by atoms with Gasteiger partial charge < -0.3 is 14.2 Å². The van der Waals surface area contributed by atoms with Gasteiger partial charge in [-0.2, -0.15) is 13.2 Å². The standard InChI is InChI=1S/C21H24F3NO6/c1-5-11-20(19(28)31-6-2)15(18(27)30-4)14(17(26)29-3)16(25-20)12-7-9-13(10-8-12)21(22,23)24/h5,7-10,14-16,25H,1,6,11H2,2-4H3/t14-,15-,16-,20-/m1/s1. The lowest BCUT2D eigenvalue weighted by molar-refractivity contribution is -0.165. The van der Waals surface area contributed by atoms with Gasteiger partial charge in [-0.25, -0.2) is 0 Å². The molecule has 170 valence electrons. The fourth-order valence-corrected chi connectivity index (χ4v) is 3.95. The topological polar surface area (TPSA) is 90.9 Å². The number of esters is 3. The number of hydrogen-bond donors (Lipinski definition) is 1. The van der Waals surface area contributed by atoms with Gasteiger partial charge in [0, 0.05) is 6.04 Å². The third-order valence-corrected chi connectivity index (χ3v) is 5.29. The van der Waals surface area contributed by atoms with Gasteiger partial charge in [-0.15, -0.1) is 6.58 Å². The second-order valence-electron chi connectivity index (χ2n) is 6.98. The lowest BCUT2D eigenvalue weighted by Gasteiger charge is -2.31. The second-order valence-corrected chi connectivity index (χ2v) is 6.98. The third kappa shape index (κ3) is 4.58. The molecule has 0 amide bonds. The molecule has 0 saturated carbocycles. The first kappa shape index (κ1) is 24.4. The van der Waals surface area contributed by atoms with E-state index >= 15 is 0 Å². The van der Waals surface area contributed by atoms with E-state index in [2.05, 4.69) is 11.9 Å². The van der Waals surface area contributed by atoms with Crippen molar-refractivity contribution in [2.75, 3.05) is 20.8 Å². The number of rotatable bonds is 7. The highest BCUT2D eigenvalue weighted by Gasteiger charge is 2.64. The SMILES string of the molecule is C=CC[C@@]1(C(=O)OCC)N[C@H](c2ccc(C(F)(F)F)cc2)[C@H](C(=O)OC)[C@@H]1C(=O)OC. The van der Waals surface area contributed by atoms with Crippen LogP contribution in [-0.2, 0) is 34.8 Å². The van der Waals surface area contributed by atoms with Crippen molar-refractivity contribution in [1.29, 1.82) is 0 Å². The van der Waals surface area contributed by atoms with Crippen LogP contribution in [0, 0.1) is 11.8 Å². The maximum Gasteiger partial charge on any atom is 0.416 e. The van der Waals surface area contributed by atoms with Crippen molar-refractivity contribution in [2.24, 2.45) is 11.8 Å². The Kier molecular flexibility index (Phi) is 7.48. The molecule has 0 radical (unpaired) electrons. The van der Waals surface area contributed by atoms with Crippen LogP contribution in [0.3, 0.4) is 0 Å². The average Bonchev–Trinajstić information content (AvgIpc) is 3.08. The summed E-state index contributed by atoms with van der Waals surface area (Å²) in [6, 6.07) is 3.05. The molecular formula is C21H24F3NO6. The van der Waals surface area contributed by atoms with Crippen molar-refractivity contribution in [3.05, 3.63) is 48.0 Å². The number of carbonyl (C=O) groups excluding carboxylic acids is 3. The molecule has 1 saturated heterocycles. The van der Waals surface area contributed by atoms with Crippen molar-refractivity contribution in [3.63, 3.8) is 0 Å². The first-order valence-electron chi connectivity index (χ1n) is 9.46. The lowest BCUT2D eigenvalue weighted by Crippen LogP contribution is -2.56. The van der Waals surface area contributed by atoms with Gasteiger partial charge in [0.2, 0.25) is 0 Å². The molecule has 4 atom stereocenters. The number of halogens is 3. The van der Waals surface area contributed by atoms with Crippen molar-refractivity contribution in [2.45, 2.75) is 31.1 Å². The highest BCUT2D eigenvalue weighted by Crippen LogP contribution is 2.47. The summed E-state index contributed by atoms with van der Waals surface area (Å²) in [6.45, 7) is 5.19. The predicted molar refractivity (Wildman–Crippen MR) is 103 cm³/mol. The summed E-state index contributed by atoms with van der Waals surface area (Å²) in [7, 11) is 2.21. The molecule has 10 heteroatoms. The molecule has 1 aliphatic heterocycles. The van der Waals surface area contributed by atoms with E-state index in [1.54, 1.807) is 6.92 Å². The molecule has 1 N–H and O–H groups in total. The number of benzene rings is 1. The van der Waals surface area contributed by atoms with Crippen LogP contribution < -0.4 is 5.32 Å². The highest BCUT2D eigenvalue weighted by molar-refractivity contribution is 5.94. The average molecular weight is 443 g/mol. The lowest BCUT2D eigenvalue weighted by atomic mass is 9.76. The Balaban J connectivity index is 2.66. The van der Waals surface area contributed by atoms with Gasteiger partial charge in [0.1, 0.15) is 11.5 Å². The van der Waals surface area contributed by atoms with E-state index in [1.165, 1.54) is 18.2 Å². The molecule has 0 unspecified atom stereocenters. The van der Waals surface area contributed by atoms with Crippen molar-refractivity contribution >= 4 is 17.9 Å². The van der Waals surface area contributed by atoms with Crippen LogP contribution in [0.2, 0.25) is 0 Å². The Morgan fingerprint density at radius 3 is 2.16 bits per heavy atom. The molecule has 0 aliphatic carbocycles.